The minimum absolute atomic E-state index is 0.209. The molecule has 2 fully saturated rings. The van der Waals surface area contributed by atoms with Crippen LogP contribution >= 0.6 is 11.6 Å². The van der Waals surface area contributed by atoms with Gasteiger partial charge in [-0.1, -0.05) is 43.0 Å². The fraction of sp³-hybridized carbons (Fsp3) is 0.480. The van der Waals surface area contributed by atoms with E-state index in [0.717, 1.165) is 49.0 Å². The van der Waals surface area contributed by atoms with Crippen LogP contribution in [0.4, 0.5) is 0 Å². The van der Waals surface area contributed by atoms with Crippen LogP contribution in [0.15, 0.2) is 48.8 Å². The number of carbonyl (C=O) groups excluding carboxylic acids is 1. The van der Waals surface area contributed by atoms with Crippen molar-refractivity contribution >= 4 is 23.2 Å². The Labute approximate surface area is 193 Å². The molecule has 5 rings (SSSR count). The van der Waals surface area contributed by atoms with E-state index in [-0.39, 0.29) is 11.8 Å². The summed E-state index contributed by atoms with van der Waals surface area (Å²) in [5.74, 6) is 0.453. The zero-order chi connectivity index (χ0) is 22.0. The Balaban J connectivity index is 1.37. The molecule has 1 aromatic carbocycles. The highest BCUT2D eigenvalue weighted by molar-refractivity contribution is 6.30. The number of hydrogen-bond donors (Lipinski definition) is 0. The summed E-state index contributed by atoms with van der Waals surface area (Å²) in [7, 11) is 0. The lowest BCUT2D eigenvalue weighted by atomic mass is 9.68. The molecule has 1 saturated heterocycles. The van der Waals surface area contributed by atoms with Gasteiger partial charge in [-0.15, -0.1) is 0 Å². The lowest BCUT2D eigenvalue weighted by Crippen LogP contribution is -2.50. The van der Waals surface area contributed by atoms with E-state index >= 15 is 0 Å². The predicted molar refractivity (Wildman–Crippen MR) is 124 cm³/mol. The number of benzene rings is 1. The van der Waals surface area contributed by atoms with E-state index in [2.05, 4.69) is 10.1 Å². The molecule has 0 N–H and O–H groups in total. The molecule has 1 atom stereocenters. The smallest absolute Gasteiger partial charge is 0.233 e. The number of halogens is 1. The summed E-state index contributed by atoms with van der Waals surface area (Å²) >= 11 is 6.15. The molecule has 0 unspecified atom stereocenters. The van der Waals surface area contributed by atoms with E-state index < -0.39 is 5.41 Å². The summed E-state index contributed by atoms with van der Waals surface area (Å²) < 4.78 is 7.71. The lowest BCUT2D eigenvalue weighted by molar-refractivity contribution is -0.139. The van der Waals surface area contributed by atoms with Crippen LogP contribution in [-0.2, 0) is 21.4 Å². The van der Waals surface area contributed by atoms with Crippen molar-refractivity contribution in [2.45, 2.75) is 43.9 Å². The van der Waals surface area contributed by atoms with Gasteiger partial charge in [-0.3, -0.25) is 4.79 Å². The standard InChI is InChI=1S/C25H29ClN4O2/c26-21-6-4-20(5-7-21)25(10-2-1-3-11-25)24(31)29-14-15-32-18-19(17-29)16-22-8-9-23-27-12-13-30(23)28-22/h4-9,12-13,19H,1-3,10-11,14-18H2/t19-/m0/s1. The van der Waals surface area contributed by atoms with Gasteiger partial charge in [0.1, 0.15) is 0 Å². The third kappa shape index (κ3) is 4.26. The molecule has 1 aliphatic carbocycles. The first-order chi connectivity index (χ1) is 15.6. The second-order valence-corrected chi connectivity index (χ2v) is 9.54. The highest BCUT2D eigenvalue weighted by Gasteiger charge is 2.44. The molecule has 32 heavy (non-hydrogen) atoms. The zero-order valence-corrected chi connectivity index (χ0v) is 19.0. The number of aromatic nitrogens is 3. The number of imidazole rings is 1. The van der Waals surface area contributed by atoms with Crippen molar-refractivity contribution in [3.05, 3.63) is 65.1 Å². The van der Waals surface area contributed by atoms with Crippen molar-refractivity contribution in [1.82, 2.24) is 19.5 Å². The van der Waals surface area contributed by atoms with Crippen molar-refractivity contribution in [3.8, 4) is 0 Å². The molecule has 7 heteroatoms. The number of amides is 1. The van der Waals surface area contributed by atoms with Crippen LogP contribution in [0.2, 0.25) is 5.02 Å². The van der Waals surface area contributed by atoms with Crippen molar-refractivity contribution in [2.24, 2.45) is 5.92 Å². The number of rotatable bonds is 4. The van der Waals surface area contributed by atoms with E-state index in [1.54, 1.807) is 10.7 Å². The fourth-order valence-corrected chi connectivity index (χ4v) is 5.43. The van der Waals surface area contributed by atoms with Crippen molar-refractivity contribution in [3.63, 3.8) is 0 Å². The van der Waals surface area contributed by atoms with Gasteiger partial charge in [0, 0.05) is 36.4 Å². The third-order valence-corrected chi connectivity index (χ3v) is 7.20. The molecule has 2 aromatic heterocycles. The van der Waals surface area contributed by atoms with Crippen LogP contribution in [0.5, 0.6) is 0 Å². The van der Waals surface area contributed by atoms with E-state index in [0.29, 0.717) is 31.3 Å². The highest BCUT2D eigenvalue weighted by Crippen LogP contribution is 2.41. The fourth-order valence-electron chi connectivity index (χ4n) is 5.30. The van der Waals surface area contributed by atoms with Crippen LogP contribution in [0.25, 0.3) is 5.65 Å². The molecular formula is C25H29ClN4O2. The molecule has 1 aliphatic heterocycles. The Kier molecular flexibility index (Phi) is 6.15. The molecule has 168 valence electrons. The Morgan fingerprint density at radius 1 is 1.12 bits per heavy atom. The monoisotopic (exact) mass is 452 g/mol. The summed E-state index contributed by atoms with van der Waals surface area (Å²) in [5, 5.41) is 5.38. The predicted octanol–water partition coefficient (Wildman–Crippen LogP) is 4.30. The first-order valence-corrected chi connectivity index (χ1v) is 11.9. The van der Waals surface area contributed by atoms with Crippen LogP contribution in [0.1, 0.15) is 43.4 Å². The molecule has 0 radical (unpaired) electrons. The number of hydrogen-bond acceptors (Lipinski definition) is 4. The number of fused-ring (bicyclic) bond motifs is 1. The quantitative estimate of drug-likeness (QED) is 0.592. The number of ether oxygens (including phenoxy) is 1. The van der Waals surface area contributed by atoms with Gasteiger partial charge in [0.15, 0.2) is 5.65 Å². The van der Waals surface area contributed by atoms with Gasteiger partial charge >= 0.3 is 0 Å². The summed E-state index contributed by atoms with van der Waals surface area (Å²) in [4.78, 5) is 20.4. The second kappa shape index (κ2) is 9.20. The maximum absolute atomic E-state index is 14.1. The number of nitrogens with zero attached hydrogens (tertiary/aromatic N) is 4. The van der Waals surface area contributed by atoms with Crippen molar-refractivity contribution in [2.75, 3.05) is 26.3 Å². The topological polar surface area (TPSA) is 59.7 Å². The van der Waals surface area contributed by atoms with E-state index in [1.807, 2.05) is 47.5 Å². The zero-order valence-electron chi connectivity index (χ0n) is 18.3. The minimum atomic E-state index is -0.453. The van der Waals surface area contributed by atoms with Gasteiger partial charge in [-0.25, -0.2) is 9.50 Å². The van der Waals surface area contributed by atoms with E-state index in [1.165, 1.54) is 6.42 Å². The molecule has 2 aliphatic rings. The van der Waals surface area contributed by atoms with Crippen molar-refractivity contribution < 1.29 is 9.53 Å². The maximum atomic E-state index is 14.1. The third-order valence-electron chi connectivity index (χ3n) is 6.95. The van der Waals surface area contributed by atoms with Gasteiger partial charge in [-0.2, -0.15) is 5.10 Å². The Morgan fingerprint density at radius 2 is 1.94 bits per heavy atom. The first-order valence-electron chi connectivity index (χ1n) is 11.6. The molecule has 0 bridgehead atoms. The minimum Gasteiger partial charge on any atom is -0.379 e. The Morgan fingerprint density at radius 3 is 2.75 bits per heavy atom. The Hall–Kier alpha value is -2.44. The first kappa shape index (κ1) is 21.4. The molecule has 0 spiro atoms. The number of carbonyl (C=O) groups is 1. The van der Waals surface area contributed by atoms with Crippen molar-refractivity contribution in [1.29, 1.82) is 0 Å². The summed E-state index contributed by atoms with van der Waals surface area (Å²) in [6, 6.07) is 11.9. The largest absolute Gasteiger partial charge is 0.379 e. The lowest BCUT2D eigenvalue weighted by Gasteiger charge is -2.40. The molecule has 3 heterocycles. The summed E-state index contributed by atoms with van der Waals surface area (Å²) in [6.07, 6.45) is 9.53. The molecule has 6 nitrogen and oxygen atoms in total. The normalized spacial score (nSPS) is 21.4. The summed E-state index contributed by atoms with van der Waals surface area (Å²) in [5.41, 5.74) is 2.47. The van der Waals surface area contributed by atoms with Crippen LogP contribution in [0.3, 0.4) is 0 Å². The van der Waals surface area contributed by atoms with Gasteiger partial charge in [0.2, 0.25) is 5.91 Å². The maximum Gasteiger partial charge on any atom is 0.233 e. The van der Waals surface area contributed by atoms with Crippen LogP contribution in [-0.4, -0.2) is 51.7 Å². The van der Waals surface area contributed by atoms with Gasteiger partial charge in [0.05, 0.1) is 24.3 Å². The van der Waals surface area contributed by atoms with Gasteiger partial charge < -0.3 is 9.64 Å². The van der Waals surface area contributed by atoms with Gasteiger partial charge in [-0.05, 0) is 49.1 Å². The molecule has 1 saturated carbocycles. The molecule has 1 amide bonds. The SMILES string of the molecule is O=C(N1CCOC[C@@H](Cc2ccc3nccn3n2)C1)C1(c2ccc(Cl)cc2)CCCCC1. The van der Waals surface area contributed by atoms with Gasteiger partial charge in [0.25, 0.3) is 0 Å². The Bertz CT molecular complexity index is 1070. The van der Waals surface area contributed by atoms with E-state index in [9.17, 15) is 4.79 Å². The highest BCUT2D eigenvalue weighted by atomic mass is 35.5. The van der Waals surface area contributed by atoms with Crippen LogP contribution in [0, 0.1) is 5.92 Å². The van der Waals surface area contributed by atoms with E-state index in [4.69, 9.17) is 16.3 Å². The summed E-state index contributed by atoms with van der Waals surface area (Å²) in [6.45, 7) is 2.55. The second-order valence-electron chi connectivity index (χ2n) is 9.10. The average Bonchev–Trinajstić information content (AvgIpc) is 3.17. The average molecular weight is 453 g/mol. The van der Waals surface area contributed by atoms with Crippen LogP contribution < -0.4 is 0 Å². The molecular weight excluding hydrogens is 424 g/mol. The molecule has 3 aromatic rings.